The fourth-order valence-electron chi connectivity index (χ4n) is 2.55. The molecule has 0 bridgehead atoms. The van der Waals surface area contributed by atoms with E-state index in [1.54, 1.807) is 13.0 Å². The third kappa shape index (κ3) is 2.83. The van der Waals surface area contributed by atoms with Crippen molar-refractivity contribution in [2.45, 2.75) is 44.4 Å². The van der Waals surface area contributed by atoms with Crippen molar-refractivity contribution in [2.24, 2.45) is 0 Å². The van der Waals surface area contributed by atoms with Gasteiger partial charge in [0, 0.05) is 24.5 Å². The highest BCUT2D eigenvalue weighted by Crippen LogP contribution is 2.40. The second-order valence-corrected chi connectivity index (χ2v) is 5.06. The molecule has 0 atom stereocenters. The van der Waals surface area contributed by atoms with Crippen LogP contribution in [0.5, 0.6) is 0 Å². The molecule has 0 saturated heterocycles. The monoisotopic (exact) mass is 270 g/mol. The topological polar surface area (TPSA) is 76.2 Å². The summed E-state index contributed by atoms with van der Waals surface area (Å²) in [6.07, 6.45) is 0.397. The number of pyridine rings is 1. The number of aromatic carboxylic acids is 1. The molecule has 19 heavy (non-hydrogen) atoms. The van der Waals surface area contributed by atoms with Gasteiger partial charge in [-0.05, 0) is 31.4 Å². The zero-order valence-corrected chi connectivity index (χ0v) is 10.6. The number of alkyl halides is 2. The van der Waals surface area contributed by atoms with Crippen LogP contribution >= 0.6 is 0 Å². The number of nitrogen functional groups attached to an aromatic ring is 1. The summed E-state index contributed by atoms with van der Waals surface area (Å²) < 4.78 is 26.2. The maximum absolute atomic E-state index is 13.1. The van der Waals surface area contributed by atoms with Crippen LogP contribution in [-0.2, 0) is 0 Å². The van der Waals surface area contributed by atoms with Crippen molar-refractivity contribution in [3.8, 4) is 0 Å². The summed E-state index contributed by atoms with van der Waals surface area (Å²) in [5.74, 6) is -3.81. The van der Waals surface area contributed by atoms with Gasteiger partial charge in [-0.3, -0.25) is 0 Å². The van der Waals surface area contributed by atoms with Crippen molar-refractivity contribution < 1.29 is 18.7 Å². The van der Waals surface area contributed by atoms with Crippen molar-refractivity contribution in [3.63, 3.8) is 0 Å². The fourth-order valence-corrected chi connectivity index (χ4v) is 2.55. The van der Waals surface area contributed by atoms with E-state index in [0.29, 0.717) is 24.1 Å². The van der Waals surface area contributed by atoms with Crippen LogP contribution in [0, 0.1) is 6.92 Å². The quantitative estimate of drug-likeness (QED) is 0.866. The van der Waals surface area contributed by atoms with Crippen molar-refractivity contribution >= 4 is 11.8 Å². The molecule has 1 saturated carbocycles. The molecule has 0 aliphatic heterocycles. The van der Waals surface area contributed by atoms with Gasteiger partial charge in [0.2, 0.25) is 5.92 Å². The van der Waals surface area contributed by atoms with E-state index in [9.17, 15) is 13.6 Å². The van der Waals surface area contributed by atoms with Gasteiger partial charge in [0.15, 0.2) is 0 Å². The lowest BCUT2D eigenvalue weighted by molar-refractivity contribution is -0.0384. The van der Waals surface area contributed by atoms with Gasteiger partial charge >= 0.3 is 5.97 Å². The Bertz CT molecular complexity index is 484. The molecular formula is C13H16F2N2O2. The zero-order chi connectivity index (χ0) is 14.2. The van der Waals surface area contributed by atoms with E-state index in [4.69, 9.17) is 10.8 Å². The molecule has 0 spiro atoms. The summed E-state index contributed by atoms with van der Waals surface area (Å²) in [6, 6.07) is 1.65. The van der Waals surface area contributed by atoms with Crippen molar-refractivity contribution in [1.82, 2.24) is 4.98 Å². The number of nitrogens with zero attached hydrogens (tertiary/aromatic N) is 1. The maximum Gasteiger partial charge on any atom is 0.339 e. The first-order valence-electron chi connectivity index (χ1n) is 6.18. The molecule has 1 aromatic heterocycles. The number of aryl methyl sites for hydroxylation is 1. The predicted molar refractivity (Wildman–Crippen MR) is 66.5 cm³/mol. The molecular weight excluding hydrogens is 254 g/mol. The van der Waals surface area contributed by atoms with E-state index in [1.165, 1.54) is 0 Å². The Balaban J connectivity index is 2.26. The minimum absolute atomic E-state index is 0.00936. The number of carboxylic acid groups (broad SMARTS) is 1. The van der Waals surface area contributed by atoms with Crippen molar-refractivity contribution in [3.05, 3.63) is 22.9 Å². The summed E-state index contributed by atoms with van der Waals surface area (Å²) in [6.45, 7) is 1.64. The van der Waals surface area contributed by atoms with Crippen LogP contribution in [0.15, 0.2) is 6.07 Å². The number of rotatable bonds is 2. The van der Waals surface area contributed by atoms with Crippen LogP contribution < -0.4 is 5.73 Å². The van der Waals surface area contributed by atoms with Crippen LogP contribution in [-0.4, -0.2) is 22.0 Å². The van der Waals surface area contributed by atoms with Gasteiger partial charge in [-0.1, -0.05) is 0 Å². The van der Waals surface area contributed by atoms with Gasteiger partial charge in [-0.2, -0.15) is 0 Å². The van der Waals surface area contributed by atoms with Crippen LogP contribution in [0.4, 0.5) is 14.6 Å². The maximum atomic E-state index is 13.1. The highest BCUT2D eigenvalue weighted by Gasteiger charge is 2.36. The molecule has 0 amide bonds. The number of hydrogen-bond acceptors (Lipinski definition) is 3. The Morgan fingerprint density at radius 2 is 2.05 bits per heavy atom. The molecule has 2 rings (SSSR count). The van der Waals surface area contributed by atoms with E-state index in [2.05, 4.69) is 4.98 Å². The van der Waals surface area contributed by atoms with Crippen molar-refractivity contribution in [1.29, 1.82) is 0 Å². The Morgan fingerprint density at radius 1 is 1.47 bits per heavy atom. The number of halogens is 2. The Kier molecular flexibility index (Phi) is 3.43. The summed E-state index contributed by atoms with van der Waals surface area (Å²) in [5.41, 5.74) is 6.78. The first kappa shape index (κ1) is 13.7. The summed E-state index contributed by atoms with van der Waals surface area (Å²) in [5, 5.41) is 9.00. The molecule has 0 aromatic carbocycles. The number of carboxylic acids is 1. The Hall–Kier alpha value is -1.72. The first-order valence-corrected chi connectivity index (χ1v) is 6.18. The zero-order valence-electron chi connectivity index (χ0n) is 10.6. The van der Waals surface area contributed by atoms with E-state index < -0.39 is 11.9 Å². The normalized spacial score (nSPS) is 19.3. The van der Waals surface area contributed by atoms with Crippen molar-refractivity contribution in [2.75, 3.05) is 5.73 Å². The summed E-state index contributed by atoms with van der Waals surface area (Å²) >= 11 is 0. The molecule has 3 N–H and O–H groups in total. The highest BCUT2D eigenvalue weighted by atomic mass is 19.3. The van der Waals surface area contributed by atoms with E-state index in [1.807, 2.05) is 0 Å². The highest BCUT2D eigenvalue weighted by molar-refractivity contribution is 5.94. The van der Waals surface area contributed by atoms with Gasteiger partial charge in [0.25, 0.3) is 0 Å². The second-order valence-electron chi connectivity index (χ2n) is 5.06. The number of hydrogen-bond donors (Lipinski definition) is 2. The molecule has 6 heteroatoms. The van der Waals surface area contributed by atoms with E-state index in [-0.39, 0.29) is 30.1 Å². The number of nitrogens with two attached hydrogens (primary N) is 1. The largest absolute Gasteiger partial charge is 0.478 e. The fraction of sp³-hybridized carbons (Fsp3) is 0.538. The third-order valence-corrected chi connectivity index (χ3v) is 3.61. The molecule has 1 fully saturated rings. The molecule has 1 aliphatic carbocycles. The standard InChI is InChI=1S/C13H16F2N2O2/c1-7-6-9(17-11(16)10(7)12(18)19)8-2-4-13(14,15)5-3-8/h6,8H,2-5H2,1H3,(H2,16,17)(H,18,19). The lowest BCUT2D eigenvalue weighted by Crippen LogP contribution is -2.24. The molecule has 4 nitrogen and oxygen atoms in total. The predicted octanol–water partition coefficient (Wildman–Crippen LogP) is 2.96. The molecule has 104 valence electrons. The van der Waals surface area contributed by atoms with Crippen LogP contribution in [0.2, 0.25) is 0 Å². The van der Waals surface area contributed by atoms with Crippen LogP contribution in [0.3, 0.4) is 0 Å². The molecule has 1 aromatic rings. The molecule has 1 heterocycles. The average Bonchev–Trinajstić information content (AvgIpc) is 2.27. The lowest BCUT2D eigenvalue weighted by atomic mass is 9.84. The molecule has 0 unspecified atom stereocenters. The van der Waals surface area contributed by atoms with Gasteiger partial charge in [-0.25, -0.2) is 18.6 Å². The van der Waals surface area contributed by atoms with Gasteiger partial charge < -0.3 is 10.8 Å². The van der Waals surface area contributed by atoms with Crippen LogP contribution in [0.25, 0.3) is 0 Å². The lowest BCUT2D eigenvalue weighted by Gasteiger charge is -2.28. The summed E-state index contributed by atoms with van der Waals surface area (Å²) in [4.78, 5) is 15.1. The minimum Gasteiger partial charge on any atom is -0.478 e. The minimum atomic E-state index is -2.59. The van der Waals surface area contributed by atoms with Gasteiger partial charge in [0.05, 0.1) is 0 Å². The van der Waals surface area contributed by atoms with Gasteiger partial charge in [0.1, 0.15) is 11.4 Å². The first-order chi connectivity index (χ1) is 8.80. The molecule has 0 radical (unpaired) electrons. The second kappa shape index (κ2) is 4.75. The van der Waals surface area contributed by atoms with E-state index in [0.717, 1.165) is 0 Å². The Labute approximate surface area is 109 Å². The Morgan fingerprint density at radius 3 is 2.53 bits per heavy atom. The smallest absolute Gasteiger partial charge is 0.339 e. The number of aromatic nitrogens is 1. The SMILES string of the molecule is Cc1cc(C2CCC(F)(F)CC2)nc(N)c1C(=O)O. The van der Waals surface area contributed by atoms with E-state index >= 15 is 0 Å². The van der Waals surface area contributed by atoms with Crippen LogP contribution in [0.1, 0.15) is 53.2 Å². The average molecular weight is 270 g/mol. The molecule has 1 aliphatic rings. The third-order valence-electron chi connectivity index (χ3n) is 3.61. The number of carbonyl (C=O) groups is 1. The van der Waals surface area contributed by atoms with Gasteiger partial charge in [-0.15, -0.1) is 0 Å². The number of anilines is 1. The summed E-state index contributed by atoms with van der Waals surface area (Å²) in [7, 11) is 0.